The molecule has 0 aliphatic heterocycles. The number of carbonyl (C=O) groups is 1. The summed E-state index contributed by atoms with van der Waals surface area (Å²) in [6.07, 6.45) is -2.84. The number of carboxylic acid groups (broad SMARTS) is 1. The molecule has 100 valence electrons. The Kier molecular flexibility index (Phi) is 2.89. The van der Waals surface area contributed by atoms with Crippen molar-refractivity contribution in [2.45, 2.75) is 6.18 Å². The molecule has 2 aromatic heterocycles. The summed E-state index contributed by atoms with van der Waals surface area (Å²) in [5, 5.41) is 21.2. The molecule has 0 fully saturated rings. The Morgan fingerprint density at radius 1 is 1.37 bits per heavy atom. The van der Waals surface area contributed by atoms with E-state index < -0.39 is 34.7 Å². The van der Waals surface area contributed by atoms with E-state index in [9.17, 15) is 23.2 Å². The normalized spacial score (nSPS) is 11.5. The van der Waals surface area contributed by atoms with Gasteiger partial charge in [-0.05, 0) is 6.07 Å². The van der Waals surface area contributed by atoms with Crippen LogP contribution in [0.3, 0.4) is 0 Å². The lowest BCUT2D eigenvalue weighted by Crippen LogP contribution is -2.09. The van der Waals surface area contributed by atoms with Gasteiger partial charge in [0.05, 0.1) is 5.56 Å². The molecule has 19 heavy (non-hydrogen) atoms. The second-order valence-corrected chi connectivity index (χ2v) is 3.53. The van der Waals surface area contributed by atoms with Crippen LogP contribution in [0.2, 0.25) is 0 Å². The van der Waals surface area contributed by atoms with Gasteiger partial charge in [-0.1, -0.05) is 0 Å². The lowest BCUT2D eigenvalue weighted by atomic mass is 10.1. The number of aromatic carboxylic acids is 1. The molecule has 0 saturated heterocycles. The van der Waals surface area contributed by atoms with Gasteiger partial charge in [-0.2, -0.15) is 13.2 Å². The molecule has 0 bridgehead atoms. The van der Waals surface area contributed by atoms with E-state index in [-0.39, 0.29) is 4.85 Å². The van der Waals surface area contributed by atoms with E-state index in [1.807, 2.05) is 0 Å². The predicted octanol–water partition coefficient (Wildman–Crippen LogP) is 1.90. The predicted molar refractivity (Wildman–Crippen MR) is 54.6 cm³/mol. The minimum Gasteiger partial charge on any atom is -0.476 e. The molecule has 6 nitrogen and oxygen atoms in total. The molecule has 0 radical (unpaired) electrons. The van der Waals surface area contributed by atoms with Gasteiger partial charge < -0.3 is 10.3 Å². The van der Waals surface area contributed by atoms with Gasteiger partial charge in [-0.15, -0.1) is 9.94 Å². The minimum absolute atomic E-state index is 0.0791. The van der Waals surface area contributed by atoms with Crippen LogP contribution in [0.25, 0.3) is 11.3 Å². The molecule has 0 unspecified atom stereocenters. The summed E-state index contributed by atoms with van der Waals surface area (Å²) in [6, 6.07) is 1.55. The first kappa shape index (κ1) is 12.9. The smallest absolute Gasteiger partial charge is 0.417 e. The van der Waals surface area contributed by atoms with Crippen LogP contribution in [0.4, 0.5) is 13.2 Å². The van der Waals surface area contributed by atoms with Crippen molar-refractivity contribution in [2.75, 3.05) is 0 Å². The molecule has 2 heterocycles. The van der Waals surface area contributed by atoms with Crippen molar-refractivity contribution in [3.05, 3.63) is 35.8 Å². The van der Waals surface area contributed by atoms with Gasteiger partial charge in [-0.3, -0.25) is 4.98 Å². The third-order valence-corrected chi connectivity index (χ3v) is 2.31. The van der Waals surface area contributed by atoms with Gasteiger partial charge in [0.25, 0.3) is 0 Å². The van der Waals surface area contributed by atoms with Gasteiger partial charge in [0.15, 0.2) is 5.69 Å². The van der Waals surface area contributed by atoms with Gasteiger partial charge in [-0.25, -0.2) is 4.79 Å². The number of aromatic nitrogens is 3. The standard InChI is InChI=1S/C10H6F3N3O3/c11-10(12,13)6-1-2-14-4-5(6)8-3-7(9(17)18)15-16(8)19/h1-4,19H,(H,17,18). The lowest BCUT2D eigenvalue weighted by Gasteiger charge is -2.11. The zero-order valence-corrected chi connectivity index (χ0v) is 9.09. The Hall–Kier alpha value is -2.58. The SMILES string of the molecule is O=C(O)c1cc(-c2cnccc2C(F)(F)F)n(O)n1. The Morgan fingerprint density at radius 2 is 2.05 bits per heavy atom. The third-order valence-electron chi connectivity index (χ3n) is 2.31. The van der Waals surface area contributed by atoms with Crippen molar-refractivity contribution in [2.24, 2.45) is 0 Å². The van der Waals surface area contributed by atoms with Gasteiger partial charge in [0.2, 0.25) is 0 Å². The minimum atomic E-state index is -4.66. The fourth-order valence-electron chi connectivity index (χ4n) is 1.51. The monoisotopic (exact) mass is 273 g/mol. The molecule has 0 atom stereocenters. The molecule has 0 amide bonds. The Balaban J connectivity index is 2.63. The van der Waals surface area contributed by atoms with Crippen molar-refractivity contribution in [3.63, 3.8) is 0 Å². The highest BCUT2D eigenvalue weighted by atomic mass is 19.4. The topological polar surface area (TPSA) is 88.2 Å². The summed E-state index contributed by atoms with van der Waals surface area (Å²) in [6.45, 7) is 0. The molecule has 0 aliphatic rings. The van der Waals surface area contributed by atoms with E-state index >= 15 is 0 Å². The van der Waals surface area contributed by atoms with Crippen LogP contribution in [-0.2, 0) is 6.18 Å². The van der Waals surface area contributed by atoms with Crippen molar-refractivity contribution in [1.82, 2.24) is 14.9 Å². The quantitative estimate of drug-likeness (QED) is 0.816. The summed E-state index contributed by atoms with van der Waals surface area (Å²) < 4.78 is 38.3. The molecule has 2 rings (SSSR count). The van der Waals surface area contributed by atoms with Crippen LogP contribution >= 0.6 is 0 Å². The zero-order valence-electron chi connectivity index (χ0n) is 9.09. The molecule has 0 spiro atoms. The van der Waals surface area contributed by atoms with Crippen molar-refractivity contribution >= 4 is 5.97 Å². The van der Waals surface area contributed by atoms with Gasteiger partial charge in [0.1, 0.15) is 5.69 Å². The zero-order chi connectivity index (χ0) is 14.2. The maximum atomic E-state index is 12.8. The van der Waals surface area contributed by atoms with Crippen LogP contribution in [0, 0.1) is 0 Å². The van der Waals surface area contributed by atoms with E-state index in [1.54, 1.807) is 0 Å². The first-order chi connectivity index (χ1) is 8.80. The van der Waals surface area contributed by atoms with E-state index in [4.69, 9.17) is 5.11 Å². The summed E-state index contributed by atoms with van der Waals surface area (Å²) in [5.41, 5.74) is -2.49. The van der Waals surface area contributed by atoms with E-state index in [0.29, 0.717) is 0 Å². The largest absolute Gasteiger partial charge is 0.476 e. The molecular formula is C10H6F3N3O3. The molecule has 9 heteroatoms. The first-order valence-corrected chi connectivity index (χ1v) is 4.85. The van der Waals surface area contributed by atoms with Gasteiger partial charge in [0, 0.05) is 24.0 Å². The van der Waals surface area contributed by atoms with E-state index in [1.165, 1.54) is 0 Å². The highest BCUT2D eigenvalue weighted by Gasteiger charge is 2.35. The second-order valence-electron chi connectivity index (χ2n) is 3.53. The maximum absolute atomic E-state index is 12.8. The van der Waals surface area contributed by atoms with Crippen LogP contribution in [0.1, 0.15) is 16.1 Å². The highest BCUT2D eigenvalue weighted by molar-refractivity contribution is 5.87. The summed E-state index contributed by atoms with van der Waals surface area (Å²) in [5.74, 6) is -1.47. The molecule has 0 aromatic carbocycles. The Morgan fingerprint density at radius 3 is 2.58 bits per heavy atom. The molecule has 2 aromatic rings. The van der Waals surface area contributed by atoms with Crippen molar-refractivity contribution in [3.8, 4) is 11.3 Å². The molecule has 0 aliphatic carbocycles. The summed E-state index contributed by atoms with van der Waals surface area (Å²) >= 11 is 0. The molecule has 2 N–H and O–H groups in total. The van der Waals surface area contributed by atoms with Crippen LogP contribution < -0.4 is 0 Å². The number of hydrogen-bond donors (Lipinski definition) is 2. The highest BCUT2D eigenvalue weighted by Crippen LogP contribution is 2.36. The van der Waals surface area contributed by atoms with Crippen LogP contribution in [0.5, 0.6) is 0 Å². The number of nitrogens with zero attached hydrogens (tertiary/aromatic N) is 3. The van der Waals surface area contributed by atoms with Crippen molar-refractivity contribution in [1.29, 1.82) is 0 Å². The van der Waals surface area contributed by atoms with E-state index in [0.717, 1.165) is 24.5 Å². The average Bonchev–Trinajstić information content (AvgIpc) is 2.70. The average molecular weight is 273 g/mol. The Labute approximate surface area is 103 Å². The van der Waals surface area contributed by atoms with E-state index in [2.05, 4.69) is 10.1 Å². The Bertz CT molecular complexity index is 636. The fraction of sp³-hybridized carbons (Fsp3) is 0.100. The number of carboxylic acids is 1. The number of hydrogen-bond acceptors (Lipinski definition) is 4. The number of halogens is 3. The van der Waals surface area contributed by atoms with Crippen LogP contribution in [-0.4, -0.2) is 31.2 Å². The van der Waals surface area contributed by atoms with Gasteiger partial charge >= 0.3 is 12.1 Å². The summed E-state index contributed by atoms with van der Waals surface area (Å²) in [7, 11) is 0. The third kappa shape index (κ3) is 2.34. The lowest BCUT2D eigenvalue weighted by molar-refractivity contribution is -0.137. The summed E-state index contributed by atoms with van der Waals surface area (Å²) in [4.78, 5) is 14.3. The number of rotatable bonds is 2. The molecular weight excluding hydrogens is 267 g/mol. The second kappa shape index (κ2) is 4.26. The maximum Gasteiger partial charge on any atom is 0.417 e. The first-order valence-electron chi connectivity index (χ1n) is 4.85. The van der Waals surface area contributed by atoms with Crippen molar-refractivity contribution < 1.29 is 28.3 Å². The fourth-order valence-corrected chi connectivity index (χ4v) is 1.51. The number of pyridine rings is 1. The molecule has 0 saturated carbocycles. The van der Waals surface area contributed by atoms with Crippen LogP contribution in [0.15, 0.2) is 24.5 Å². The number of alkyl halides is 3.